The van der Waals surface area contributed by atoms with E-state index in [1.807, 2.05) is 0 Å². The number of hydrogen-bond acceptors (Lipinski definition) is 1. The van der Waals surface area contributed by atoms with Gasteiger partial charge in [0.05, 0.1) is 0 Å². The second-order valence-electron chi connectivity index (χ2n) is 4.76. The van der Waals surface area contributed by atoms with Gasteiger partial charge in [-0.1, -0.05) is 25.7 Å². The average molecular weight is 205 g/mol. The molecule has 2 aliphatic rings. The van der Waals surface area contributed by atoms with Crippen molar-refractivity contribution < 1.29 is 4.79 Å². The molecular weight excluding hydrogens is 186 g/mol. The smallest absolute Gasteiger partial charge is 0.224 e. The highest BCUT2D eigenvalue weighted by molar-refractivity contribution is 5.79. The SMILES string of the molecule is C#CC1CC(=O)N(C2CCCCCC2)C1. The van der Waals surface area contributed by atoms with Crippen LogP contribution in [0.2, 0.25) is 0 Å². The molecule has 2 nitrogen and oxygen atoms in total. The number of hydrogen-bond donors (Lipinski definition) is 0. The van der Waals surface area contributed by atoms with Gasteiger partial charge in [0, 0.05) is 24.9 Å². The molecule has 0 radical (unpaired) electrons. The molecular formula is C13H19NO. The molecule has 1 atom stereocenters. The first kappa shape index (κ1) is 10.5. The van der Waals surface area contributed by atoms with E-state index in [4.69, 9.17) is 6.42 Å². The summed E-state index contributed by atoms with van der Waals surface area (Å²) in [5.41, 5.74) is 0. The van der Waals surface area contributed by atoms with E-state index in [-0.39, 0.29) is 11.8 Å². The Hall–Kier alpha value is -0.970. The van der Waals surface area contributed by atoms with Crippen LogP contribution in [0, 0.1) is 18.3 Å². The molecule has 1 amide bonds. The Morgan fingerprint density at radius 1 is 1.20 bits per heavy atom. The van der Waals surface area contributed by atoms with Gasteiger partial charge in [0.15, 0.2) is 0 Å². The van der Waals surface area contributed by atoms with Crippen molar-refractivity contribution in [1.82, 2.24) is 4.90 Å². The number of amides is 1. The summed E-state index contributed by atoms with van der Waals surface area (Å²) in [7, 11) is 0. The first-order chi connectivity index (χ1) is 7.31. The fraction of sp³-hybridized carbons (Fsp3) is 0.769. The molecule has 82 valence electrons. The van der Waals surface area contributed by atoms with Gasteiger partial charge in [-0.3, -0.25) is 4.79 Å². The molecule has 1 unspecified atom stereocenters. The Bertz CT molecular complexity index is 271. The van der Waals surface area contributed by atoms with Gasteiger partial charge < -0.3 is 4.90 Å². The Labute approximate surface area is 92.0 Å². The van der Waals surface area contributed by atoms with Crippen molar-refractivity contribution in [2.24, 2.45) is 5.92 Å². The summed E-state index contributed by atoms with van der Waals surface area (Å²) in [6, 6.07) is 0.485. The Kier molecular flexibility index (Phi) is 3.30. The Balaban J connectivity index is 1.97. The molecule has 1 saturated carbocycles. The molecule has 2 heteroatoms. The topological polar surface area (TPSA) is 20.3 Å². The average Bonchev–Trinajstić information content (AvgIpc) is 2.48. The van der Waals surface area contributed by atoms with Crippen LogP contribution in [0.4, 0.5) is 0 Å². The van der Waals surface area contributed by atoms with Crippen LogP contribution in [0.1, 0.15) is 44.9 Å². The van der Waals surface area contributed by atoms with Crippen molar-refractivity contribution in [3.05, 3.63) is 0 Å². The summed E-state index contributed by atoms with van der Waals surface area (Å²) < 4.78 is 0. The predicted octanol–water partition coefficient (Wildman–Crippen LogP) is 2.19. The van der Waals surface area contributed by atoms with Gasteiger partial charge in [-0.05, 0) is 12.8 Å². The standard InChI is InChI=1S/C13H19NO/c1-2-11-9-13(15)14(10-11)12-7-5-3-4-6-8-12/h1,11-12H,3-10H2. The monoisotopic (exact) mass is 205 g/mol. The molecule has 2 fully saturated rings. The van der Waals surface area contributed by atoms with Crippen LogP contribution in [0.3, 0.4) is 0 Å². The predicted molar refractivity (Wildman–Crippen MR) is 60.1 cm³/mol. The summed E-state index contributed by atoms with van der Waals surface area (Å²) >= 11 is 0. The van der Waals surface area contributed by atoms with Crippen molar-refractivity contribution in [3.63, 3.8) is 0 Å². The van der Waals surface area contributed by atoms with Crippen LogP contribution in [-0.2, 0) is 4.79 Å². The molecule has 0 aromatic rings. The third kappa shape index (κ3) is 2.34. The third-order valence-electron chi connectivity index (χ3n) is 3.66. The lowest BCUT2D eigenvalue weighted by Crippen LogP contribution is -2.36. The van der Waals surface area contributed by atoms with Gasteiger partial charge in [0.2, 0.25) is 5.91 Å². The lowest BCUT2D eigenvalue weighted by Gasteiger charge is -2.26. The van der Waals surface area contributed by atoms with Crippen molar-refractivity contribution >= 4 is 5.91 Å². The zero-order valence-corrected chi connectivity index (χ0v) is 9.24. The summed E-state index contributed by atoms with van der Waals surface area (Å²) in [6.45, 7) is 0.806. The molecule has 1 aliphatic heterocycles. The van der Waals surface area contributed by atoms with Crippen molar-refractivity contribution in [2.75, 3.05) is 6.54 Å². The van der Waals surface area contributed by atoms with Gasteiger partial charge in [-0.2, -0.15) is 0 Å². The highest BCUT2D eigenvalue weighted by Crippen LogP contribution is 2.27. The Morgan fingerprint density at radius 2 is 1.87 bits per heavy atom. The van der Waals surface area contributed by atoms with E-state index in [0.717, 1.165) is 6.54 Å². The summed E-state index contributed by atoms with van der Waals surface area (Å²) in [6.07, 6.45) is 13.5. The van der Waals surface area contributed by atoms with Crippen molar-refractivity contribution in [2.45, 2.75) is 51.0 Å². The lowest BCUT2D eigenvalue weighted by atomic mass is 10.1. The molecule has 0 bridgehead atoms. The van der Waals surface area contributed by atoms with E-state index in [9.17, 15) is 4.79 Å². The normalized spacial score (nSPS) is 28.9. The number of carbonyl (C=O) groups is 1. The van der Waals surface area contributed by atoms with E-state index in [0.29, 0.717) is 12.5 Å². The minimum Gasteiger partial charge on any atom is -0.338 e. The number of carbonyl (C=O) groups excluding carboxylic acids is 1. The molecule has 15 heavy (non-hydrogen) atoms. The second-order valence-corrected chi connectivity index (χ2v) is 4.76. The quantitative estimate of drug-likeness (QED) is 0.474. The van der Waals surface area contributed by atoms with Gasteiger partial charge in [0.1, 0.15) is 0 Å². The summed E-state index contributed by atoms with van der Waals surface area (Å²) in [5.74, 6) is 3.17. The maximum Gasteiger partial charge on any atom is 0.224 e. The minimum absolute atomic E-state index is 0.167. The maximum absolute atomic E-state index is 11.8. The fourth-order valence-corrected chi connectivity index (χ4v) is 2.77. The number of rotatable bonds is 1. The van der Waals surface area contributed by atoms with E-state index in [1.54, 1.807) is 0 Å². The molecule has 1 saturated heterocycles. The van der Waals surface area contributed by atoms with Crippen molar-refractivity contribution in [3.8, 4) is 12.3 Å². The van der Waals surface area contributed by atoms with E-state index in [1.165, 1.54) is 38.5 Å². The zero-order chi connectivity index (χ0) is 10.7. The van der Waals surface area contributed by atoms with Crippen LogP contribution in [0.15, 0.2) is 0 Å². The Morgan fingerprint density at radius 3 is 2.40 bits per heavy atom. The highest BCUT2D eigenvalue weighted by Gasteiger charge is 2.33. The first-order valence-electron chi connectivity index (χ1n) is 6.07. The van der Waals surface area contributed by atoms with Crippen LogP contribution >= 0.6 is 0 Å². The lowest BCUT2D eigenvalue weighted by molar-refractivity contribution is -0.129. The molecule has 2 rings (SSSR count). The van der Waals surface area contributed by atoms with E-state index >= 15 is 0 Å². The first-order valence-corrected chi connectivity index (χ1v) is 6.07. The highest BCUT2D eigenvalue weighted by atomic mass is 16.2. The second kappa shape index (κ2) is 4.70. The molecule has 0 aromatic carbocycles. The summed E-state index contributed by atoms with van der Waals surface area (Å²) in [4.78, 5) is 13.8. The van der Waals surface area contributed by atoms with E-state index < -0.39 is 0 Å². The van der Waals surface area contributed by atoms with Gasteiger partial charge in [0.25, 0.3) is 0 Å². The molecule has 0 aromatic heterocycles. The molecule has 0 N–H and O–H groups in total. The fourth-order valence-electron chi connectivity index (χ4n) is 2.77. The largest absolute Gasteiger partial charge is 0.338 e. The maximum atomic E-state index is 11.8. The van der Waals surface area contributed by atoms with Gasteiger partial charge >= 0.3 is 0 Å². The minimum atomic E-state index is 0.167. The number of nitrogens with zero attached hydrogens (tertiary/aromatic N) is 1. The molecule has 1 aliphatic carbocycles. The molecule has 0 spiro atoms. The van der Waals surface area contributed by atoms with Crippen LogP contribution < -0.4 is 0 Å². The zero-order valence-electron chi connectivity index (χ0n) is 9.24. The van der Waals surface area contributed by atoms with Crippen LogP contribution in [0.25, 0.3) is 0 Å². The molecule has 1 heterocycles. The van der Waals surface area contributed by atoms with Crippen LogP contribution in [-0.4, -0.2) is 23.4 Å². The van der Waals surface area contributed by atoms with E-state index in [2.05, 4.69) is 10.8 Å². The third-order valence-corrected chi connectivity index (χ3v) is 3.66. The van der Waals surface area contributed by atoms with Crippen molar-refractivity contribution in [1.29, 1.82) is 0 Å². The summed E-state index contributed by atoms with van der Waals surface area (Å²) in [5, 5.41) is 0. The van der Waals surface area contributed by atoms with Gasteiger partial charge in [-0.25, -0.2) is 0 Å². The number of terminal acetylenes is 1. The van der Waals surface area contributed by atoms with Gasteiger partial charge in [-0.15, -0.1) is 12.3 Å². The number of likely N-dealkylation sites (tertiary alicyclic amines) is 1. The van der Waals surface area contributed by atoms with Crippen LogP contribution in [0.5, 0.6) is 0 Å².